The number of methoxy groups -OCH3 is 1. The van der Waals surface area contributed by atoms with Crippen LogP contribution < -0.4 is 10.1 Å². The summed E-state index contributed by atoms with van der Waals surface area (Å²) in [6.45, 7) is 0.984. The Bertz CT molecular complexity index is 432. The number of ether oxygens (including phenoxy) is 2. The molecule has 0 radical (unpaired) electrons. The minimum Gasteiger partial charge on any atom is -0.490 e. The summed E-state index contributed by atoms with van der Waals surface area (Å²) in [7, 11) is 1.62. The molecule has 0 bridgehead atoms. The molecule has 0 saturated carbocycles. The van der Waals surface area contributed by atoms with E-state index >= 15 is 0 Å². The Morgan fingerprint density at radius 3 is 3.18 bits per heavy atom. The molecular weight excluding hydrogens is 220 g/mol. The van der Waals surface area contributed by atoms with Crippen LogP contribution in [0.15, 0.2) is 18.5 Å². The summed E-state index contributed by atoms with van der Waals surface area (Å²) >= 11 is 0. The Labute approximate surface area is 99.4 Å². The Balaban J connectivity index is 2.16. The Hall–Kier alpha value is -1.88. The van der Waals surface area contributed by atoms with Crippen molar-refractivity contribution >= 4 is 12.4 Å². The first-order chi connectivity index (χ1) is 8.35. The highest BCUT2D eigenvalue weighted by Crippen LogP contribution is 2.24. The molecule has 1 N–H and O–H groups in total. The Morgan fingerprint density at radius 1 is 1.53 bits per heavy atom. The van der Waals surface area contributed by atoms with Gasteiger partial charge in [-0.05, 0) is 18.3 Å². The van der Waals surface area contributed by atoms with E-state index in [0.717, 1.165) is 17.5 Å². The molecule has 2 heterocycles. The van der Waals surface area contributed by atoms with Crippen molar-refractivity contribution in [2.24, 2.45) is 0 Å². The molecular formula is C12H14N2O3. The van der Waals surface area contributed by atoms with Gasteiger partial charge in [0.05, 0.1) is 18.5 Å². The molecule has 1 aliphatic heterocycles. The summed E-state index contributed by atoms with van der Waals surface area (Å²) in [6.07, 6.45) is 6.04. The second-order valence-electron chi connectivity index (χ2n) is 3.60. The number of nitrogens with one attached hydrogen (secondary N) is 1. The zero-order valence-corrected chi connectivity index (χ0v) is 9.55. The van der Waals surface area contributed by atoms with Crippen molar-refractivity contribution in [3.05, 3.63) is 29.7 Å². The quantitative estimate of drug-likeness (QED) is 0.606. The molecule has 2 rings (SSSR count). The van der Waals surface area contributed by atoms with Gasteiger partial charge >= 0.3 is 0 Å². The number of hydrogen-bond donors (Lipinski definition) is 1. The lowest BCUT2D eigenvalue weighted by Gasteiger charge is -2.18. The van der Waals surface area contributed by atoms with Crippen LogP contribution >= 0.6 is 0 Å². The average Bonchev–Trinajstić information content (AvgIpc) is 2.38. The SMILES string of the molecule is COCCOc1cnc2c(c1)C(C=O)NC=C2. The highest BCUT2D eigenvalue weighted by Gasteiger charge is 2.17. The largest absolute Gasteiger partial charge is 0.490 e. The molecule has 1 atom stereocenters. The standard InChI is InChI=1S/C12H14N2O3/c1-16-4-5-17-9-6-10-11(14-7-9)2-3-13-12(10)8-15/h2-3,6-8,12-13H,4-5H2,1H3. The molecule has 0 amide bonds. The van der Waals surface area contributed by atoms with Crippen LogP contribution in [0.2, 0.25) is 0 Å². The topological polar surface area (TPSA) is 60.5 Å². The highest BCUT2D eigenvalue weighted by atomic mass is 16.5. The van der Waals surface area contributed by atoms with Gasteiger partial charge in [0.25, 0.3) is 0 Å². The zero-order valence-electron chi connectivity index (χ0n) is 9.55. The number of aromatic nitrogens is 1. The molecule has 1 unspecified atom stereocenters. The third-order valence-corrected chi connectivity index (χ3v) is 2.47. The van der Waals surface area contributed by atoms with Crippen molar-refractivity contribution in [2.75, 3.05) is 20.3 Å². The first-order valence-electron chi connectivity index (χ1n) is 5.34. The van der Waals surface area contributed by atoms with Crippen molar-refractivity contribution in [1.29, 1.82) is 0 Å². The fraction of sp³-hybridized carbons (Fsp3) is 0.333. The molecule has 1 aromatic heterocycles. The van der Waals surface area contributed by atoms with Crippen molar-refractivity contribution in [1.82, 2.24) is 10.3 Å². The molecule has 5 heteroatoms. The van der Waals surface area contributed by atoms with Crippen LogP contribution in [0.1, 0.15) is 17.3 Å². The first-order valence-corrected chi connectivity index (χ1v) is 5.34. The van der Waals surface area contributed by atoms with E-state index in [0.29, 0.717) is 19.0 Å². The normalized spacial score (nSPS) is 17.1. The van der Waals surface area contributed by atoms with Gasteiger partial charge < -0.3 is 19.6 Å². The monoisotopic (exact) mass is 234 g/mol. The highest BCUT2D eigenvalue weighted by molar-refractivity contribution is 5.68. The van der Waals surface area contributed by atoms with Gasteiger partial charge in [0.2, 0.25) is 0 Å². The minimum absolute atomic E-state index is 0.353. The second-order valence-corrected chi connectivity index (χ2v) is 3.60. The molecule has 1 aliphatic rings. The summed E-state index contributed by atoms with van der Waals surface area (Å²) < 4.78 is 10.3. The van der Waals surface area contributed by atoms with E-state index in [2.05, 4.69) is 10.3 Å². The molecule has 90 valence electrons. The minimum atomic E-state index is -0.353. The third kappa shape index (κ3) is 2.62. The van der Waals surface area contributed by atoms with Gasteiger partial charge in [-0.2, -0.15) is 0 Å². The van der Waals surface area contributed by atoms with Crippen LogP contribution in [0, 0.1) is 0 Å². The van der Waals surface area contributed by atoms with Gasteiger partial charge in [0, 0.05) is 12.7 Å². The summed E-state index contributed by atoms with van der Waals surface area (Å²) in [5.74, 6) is 0.643. The van der Waals surface area contributed by atoms with Crippen LogP contribution in [0.5, 0.6) is 5.75 Å². The summed E-state index contributed by atoms with van der Waals surface area (Å²) in [5.41, 5.74) is 1.62. The Morgan fingerprint density at radius 2 is 2.41 bits per heavy atom. The molecule has 0 aliphatic carbocycles. The van der Waals surface area contributed by atoms with Gasteiger partial charge in [-0.1, -0.05) is 0 Å². The molecule has 0 saturated heterocycles. The van der Waals surface area contributed by atoms with E-state index in [9.17, 15) is 4.79 Å². The zero-order chi connectivity index (χ0) is 12.1. The van der Waals surface area contributed by atoms with E-state index in [1.54, 1.807) is 19.5 Å². The molecule has 17 heavy (non-hydrogen) atoms. The van der Waals surface area contributed by atoms with Gasteiger partial charge in [0.1, 0.15) is 24.7 Å². The van der Waals surface area contributed by atoms with Crippen LogP contribution in [0.4, 0.5) is 0 Å². The van der Waals surface area contributed by atoms with Gasteiger partial charge in [-0.15, -0.1) is 0 Å². The second kappa shape index (κ2) is 5.45. The maximum absolute atomic E-state index is 10.9. The van der Waals surface area contributed by atoms with Gasteiger partial charge in [-0.3, -0.25) is 4.98 Å². The van der Waals surface area contributed by atoms with E-state index < -0.39 is 0 Å². The van der Waals surface area contributed by atoms with Crippen molar-refractivity contribution < 1.29 is 14.3 Å². The number of fused-ring (bicyclic) bond motifs is 1. The summed E-state index contributed by atoms with van der Waals surface area (Å²) in [4.78, 5) is 15.2. The van der Waals surface area contributed by atoms with Crippen molar-refractivity contribution in [3.8, 4) is 5.75 Å². The average molecular weight is 234 g/mol. The van der Waals surface area contributed by atoms with Crippen LogP contribution in [-0.2, 0) is 9.53 Å². The maximum Gasteiger partial charge on any atom is 0.146 e. The van der Waals surface area contributed by atoms with Crippen LogP contribution in [-0.4, -0.2) is 31.6 Å². The molecule has 0 spiro atoms. The fourth-order valence-corrected chi connectivity index (χ4v) is 1.62. The number of carbonyl (C=O) groups is 1. The predicted molar refractivity (Wildman–Crippen MR) is 62.6 cm³/mol. The first kappa shape index (κ1) is 11.6. The summed E-state index contributed by atoms with van der Waals surface area (Å²) in [5, 5.41) is 2.95. The van der Waals surface area contributed by atoms with Crippen molar-refractivity contribution in [3.63, 3.8) is 0 Å². The number of carbonyl (C=O) groups excluding carboxylic acids is 1. The molecule has 0 fully saturated rings. The number of aldehydes is 1. The number of rotatable bonds is 5. The molecule has 5 nitrogen and oxygen atoms in total. The number of hydrogen-bond acceptors (Lipinski definition) is 5. The lowest BCUT2D eigenvalue weighted by molar-refractivity contribution is -0.109. The molecule has 0 aromatic carbocycles. The smallest absolute Gasteiger partial charge is 0.146 e. The van der Waals surface area contributed by atoms with E-state index in [-0.39, 0.29) is 6.04 Å². The fourth-order valence-electron chi connectivity index (χ4n) is 1.62. The van der Waals surface area contributed by atoms with Crippen molar-refractivity contribution in [2.45, 2.75) is 6.04 Å². The maximum atomic E-state index is 10.9. The van der Waals surface area contributed by atoms with Crippen LogP contribution in [0.3, 0.4) is 0 Å². The lowest BCUT2D eigenvalue weighted by Crippen LogP contribution is -2.21. The Kier molecular flexibility index (Phi) is 3.72. The van der Waals surface area contributed by atoms with Gasteiger partial charge in [-0.25, -0.2) is 0 Å². The number of nitrogens with zero attached hydrogens (tertiary/aromatic N) is 1. The van der Waals surface area contributed by atoms with E-state index in [1.807, 2.05) is 12.1 Å². The third-order valence-electron chi connectivity index (χ3n) is 2.47. The lowest BCUT2D eigenvalue weighted by atomic mass is 10.0. The summed E-state index contributed by atoms with van der Waals surface area (Å²) in [6, 6.07) is 1.47. The predicted octanol–water partition coefficient (Wildman–Crippen LogP) is 0.921. The van der Waals surface area contributed by atoms with Gasteiger partial charge in [0.15, 0.2) is 0 Å². The van der Waals surface area contributed by atoms with Crippen LogP contribution in [0.25, 0.3) is 6.08 Å². The van der Waals surface area contributed by atoms with E-state index in [1.165, 1.54) is 0 Å². The number of pyridine rings is 1. The van der Waals surface area contributed by atoms with E-state index in [4.69, 9.17) is 9.47 Å². The molecule has 1 aromatic rings.